The van der Waals surface area contributed by atoms with Crippen LogP contribution in [-0.2, 0) is 9.59 Å². The van der Waals surface area contributed by atoms with Crippen LogP contribution in [0.1, 0.15) is 19.3 Å². The average Bonchev–Trinajstić information content (AvgIpc) is 2.28. The van der Waals surface area contributed by atoms with Crippen molar-refractivity contribution in [2.75, 3.05) is 13.1 Å². The van der Waals surface area contributed by atoms with Gasteiger partial charge < -0.3 is 15.9 Å². The van der Waals surface area contributed by atoms with Gasteiger partial charge in [-0.3, -0.25) is 5.43 Å². The Morgan fingerprint density at radius 1 is 1.00 bits per heavy atom. The number of hydrazine groups is 1. The van der Waals surface area contributed by atoms with E-state index in [2.05, 4.69) is 5.43 Å². The van der Waals surface area contributed by atoms with Gasteiger partial charge in [-0.25, -0.2) is 19.4 Å². The third-order valence-electron chi connectivity index (χ3n) is 1.99. The zero-order valence-corrected chi connectivity index (χ0v) is 9.83. The Bertz CT molecular complexity index is 307. The molecule has 8 heteroatoms. The topological polar surface area (TPSA) is 133 Å². The molecule has 0 bridgehead atoms. The van der Waals surface area contributed by atoms with Crippen molar-refractivity contribution in [3.63, 3.8) is 0 Å². The lowest BCUT2D eigenvalue weighted by Gasteiger charge is -2.25. The van der Waals surface area contributed by atoms with Crippen LogP contribution in [0.15, 0.2) is 12.2 Å². The maximum Gasteiger partial charge on any atom is 0.328 e. The molecule has 1 fully saturated rings. The van der Waals surface area contributed by atoms with Crippen LogP contribution in [0.4, 0.5) is 4.79 Å². The number of hydrogen-bond acceptors (Lipinski definition) is 4. The van der Waals surface area contributed by atoms with Gasteiger partial charge in [0.15, 0.2) is 0 Å². The van der Waals surface area contributed by atoms with Crippen molar-refractivity contribution >= 4 is 18.0 Å². The van der Waals surface area contributed by atoms with Crippen molar-refractivity contribution < 1.29 is 24.6 Å². The number of urea groups is 1. The van der Waals surface area contributed by atoms with Crippen LogP contribution in [0.5, 0.6) is 0 Å². The van der Waals surface area contributed by atoms with E-state index in [9.17, 15) is 14.4 Å². The summed E-state index contributed by atoms with van der Waals surface area (Å²) in [5, 5.41) is 17.5. The zero-order chi connectivity index (χ0) is 14.0. The number of nitrogens with one attached hydrogen (secondary N) is 1. The number of carboxylic acids is 2. The third-order valence-corrected chi connectivity index (χ3v) is 1.99. The van der Waals surface area contributed by atoms with Crippen molar-refractivity contribution in [2.24, 2.45) is 5.73 Å². The van der Waals surface area contributed by atoms with Gasteiger partial charge in [0.25, 0.3) is 0 Å². The third kappa shape index (κ3) is 10.4. The molecule has 5 N–H and O–H groups in total. The second kappa shape index (κ2) is 8.99. The van der Waals surface area contributed by atoms with Crippen molar-refractivity contribution in [1.82, 2.24) is 10.4 Å². The minimum atomic E-state index is -1.26. The lowest BCUT2D eigenvalue weighted by molar-refractivity contribution is -0.134. The van der Waals surface area contributed by atoms with Gasteiger partial charge in [-0.2, -0.15) is 0 Å². The molecule has 1 aliphatic heterocycles. The monoisotopic (exact) mass is 259 g/mol. The van der Waals surface area contributed by atoms with Crippen LogP contribution in [0, 0.1) is 0 Å². The Balaban J connectivity index is 0.000000331. The highest BCUT2D eigenvalue weighted by Crippen LogP contribution is 2.05. The largest absolute Gasteiger partial charge is 0.478 e. The highest BCUT2D eigenvalue weighted by molar-refractivity contribution is 5.89. The Morgan fingerprint density at radius 3 is 1.78 bits per heavy atom. The fraction of sp³-hybridized carbons (Fsp3) is 0.500. The number of carbonyl (C=O) groups is 3. The summed E-state index contributed by atoms with van der Waals surface area (Å²) in [6, 6.07) is -0.457. The number of carboxylic acid groups (broad SMARTS) is 2. The molecule has 0 aromatic rings. The van der Waals surface area contributed by atoms with Gasteiger partial charge in [0.1, 0.15) is 0 Å². The predicted octanol–water partition coefficient (Wildman–Crippen LogP) is -0.233. The number of hydrogen-bond donors (Lipinski definition) is 4. The van der Waals surface area contributed by atoms with Gasteiger partial charge in [-0.1, -0.05) is 6.42 Å². The van der Waals surface area contributed by atoms with E-state index in [1.165, 1.54) is 6.42 Å². The molecule has 18 heavy (non-hydrogen) atoms. The zero-order valence-electron chi connectivity index (χ0n) is 9.83. The van der Waals surface area contributed by atoms with Crippen LogP contribution in [0.3, 0.4) is 0 Å². The normalized spacial score (nSPS) is 15.6. The summed E-state index contributed by atoms with van der Waals surface area (Å²) in [5.41, 5.74) is 7.49. The lowest BCUT2D eigenvalue weighted by Crippen LogP contribution is -2.47. The minimum absolute atomic E-state index is 0.457. The van der Waals surface area contributed by atoms with Crippen LogP contribution in [0.2, 0.25) is 0 Å². The first-order valence-electron chi connectivity index (χ1n) is 5.37. The molecule has 0 spiro atoms. The molecule has 0 saturated carbocycles. The fourth-order valence-corrected chi connectivity index (χ4v) is 1.30. The average molecular weight is 259 g/mol. The predicted molar refractivity (Wildman–Crippen MR) is 62.6 cm³/mol. The number of primary amides is 1. The first-order chi connectivity index (χ1) is 8.41. The van der Waals surface area contributed by atoms with Crippen molar-refractivity contribution in [3.05, 3.63) is 12.2 Å². The van der Waals surface area contributed by atoms with Crippen LogP contribution in [0.25, 0.3) is 0 Å². The van der Waals surface area contributed by atoms with E-state index in [4.69, 9.17) is 15.9 Å². The molecule has 0 aromatic carbocycles. The molecule has 1 rings (SSSR count). The van der Waals surface area contributed by atoms with E-state index in [0.29, 0.717) is 12.2 Å². The number of nitrogens with two attached hydrogens (primary N) is 1. The van der Waals surface area contributed by atoms with Gasteiger partial charge in [-0.15, -0.1) is 0 Å². The summed E-state index contributed by atoms with van der Waals surface area (Å²) >= 11 is 0. The van der Waals surface area contributed by atoms with Gasteiger partial charge >= 0.3 is 18.0 Å². The Kier molecular flexibility index (Phi) is 7.95. The number of nitrogens with zero attached hydrogens (tertiary/aromatic N) is 1. The first-order valence-corrected chi connectivity index (χ1v) is 5.37. The fourth-order valence-electron chi connectivity index (χ4n) is 1.30. The molecule has 0 aromatic heterocycles. The minimum Gasteiger partial charge on any atom is -0.478 e. The molecule has 1 saturated heterocycles. The smallest absolute Gasteiger partial charge is 0.328 e. The molecule has 0 unspecified atom stereocenters. The number of piperidine rings is 1. The van der Waals surface area contributed by atoms with E-state index in [-0.39, 0.29) is 0 Å². The van der Waals surface area contributed by atoms with Gasteiger partial charge in [-0.05, 0) is 12.8 Å². The SMILES string of the molecule is NC(=O)NN1CCCCC1.O=C(O)/C=C\C(=O)O. The lowest BCUT2D eigenvalue weighted by atomic mass is 10.2. The number of rotatable bonds is 3. The van der Waals surface area contributed by atoms with E-state index >= 15 is 0 Å². The van der Waals surface area contributed by atoms with Gasteiger partial charge in [0, 0.05) is 25.2 Å². The summed E-state index contributed by atoms with van der Waals surface area (Å²) in [6.07, 6.45) is 4.68. The standard InChI is InChI=1S/C6H13N3O.C4H4O4/c7-6(10)8-9-4-2-1-3-5-9;5-3(6)1-2-4(7)8/h1-5H2,(H3,7,8,10);1-2H,(H,5,6)(H,7,8)/b;2-1-. The summed E-state index contributed by atoms with van der Waals surface area (Å²) in [6.45, 7) is 1.87. The van der Waals surface area contributed by atoms with E-state index in [1.54, 1.807) is 0 Å². The highest BCUT2D eigenvalue weighted by Gasteiger charge is 2.09. The van der Waals surface area contributed by atoms with Crippen molar-refractivity contribution in [2.45, 2.75) is 19.3 Å². The van der Waals surface area contributed by atoms with Crippen LogP contribution >= 0.6 is 0 Å². The number of amides is 2. The van der Waals surface area contributed by atoms with E-state index < -0.39 is 18.0 Å². The molecule has 102 valence electrons. The summed E-state index contributed by atoms with van der Waals surface area (Å²) in [7, 11) is 0. The second-order valence-electron chi connectivity index (χ2n) is 3.53. The van der Waals surface area contributed by atoms with Gasteiger partial charge in [0.2, 0.25) is 0 Å². The molecule has 2 amide bonds. The van der Waals surface area contributed by atoms with E-state index in [0.717, 1.165) is 25.9 Å². The molecule has 0 radical (unpaired) electrons. The van der Waals surface area contributed by atoms with Crippen molar-refractivity contribution in [1.29, 1.82) is 0 Å². The van der Waals surface area contributed by atoms with Crippen LogP contribution < -0.4 is 11.2 Å². The van der Waals surface area contributed by atoms with Crippen LogP contribution in [-0.4, -0.2) is 46.3 Å². The van der Waals surface area contributed by atoms with Gasteiger partial charge in [0.05, 0.1) is 0 Å². The molecule has 0 atom stereocenters. The number of carbonyl (C=O) groups excluding carboxylic acids is 1. The maximum atomic E-state index is 10.3. The molecule has 1 aliphatic rings. The quantitative estimate of drug-likeness (QED) is 0.517. The molecular weight excluding hydrogens is 242 g/mol. The molecular formula is C10H17N3O5. The Hall–Kier alpha value is -2.09. The molecule has 8 nitrogen and oxygen atoms in total. The summed E-state index contributed by atoms with van der Waals surface area (Å²) in [5.74, 6) is -2.51. The number of aliphatic carboxylic acids is 2. The molecule has 0 aliphatic carbocycles. The summed E-state index contributed by atoms with van der Waals surface area (Å²) < 4.78 is 0. The Morgan fingerprint density at radius 2 is 1.44 bits per heavy atom. The Labute approximate surface area is 104 Å². The maximum absolute atomic E-state index is 10.3. The van der Waals surface area contributed by atoms with E-state index in [1.807, 2.05) is 5.01 Å². The summed E-state index contributed by atoms with van der Waals surface area (Å²) in [4.78, 5) is 29.4. The second-order valence-corrected chi connectivity index (χ2v) is 3.53. The first kappa shape index (κ1) is 15.9. The molecule has 1 heterocycles. The van der Waals surface area contributed by atoms with Crippen molar-refractivity contribution in [3.8, 4) is 0 Å². The highest BCUT2D eigenvalue weighted by atomic mass is 16.4.